The standard InChI is InChI=1S/C14H27NO/c1-14(2,3)7-8-15-12-6-9-16-13(10-12)11-4-5-11/h11-13,15H,4-10H2,1-3H3/t12-,13+/m0/s1. The van der Waals surface area contributed by atoms with E-state index in [-0.39, 0.29) is 0 Å². The van der Waals surface area contributed by atoms with Crippen molar-refractivity contribution in [3.8, 4) is 0 Å². The minimum atomic E-state index is 0.452. The Bertz CT molecular complexity index is 217. The van der Waals surface area contributed by atoms with Crippen LogP contribution in [0.5, 0.6) is 0 Å². The summed E-state index contributed by atoms with van der Waals surface area (Å²) in [7, 11) is 0. The van der Waals surface area contributed by atoms with Gasteiger partial charge in [0.15, 0.2) is 0 Å². The van der Waals surface area contributed by atoms with Crippen LogP contribution in [0.25, 0.3) is 0 Å². The molecule has 0 spiro atoms. The van der Waals surface area contributed by atoms with Gasteiger partial charge >= 0.3 is 0 Å². The van der Waals surface area contributed by atoms with Crippen molar-refractivity contribution in [2.24, 2.45) is 11.3 Å². The first-order valence-electron chi connectivity index (χ1n) is 6.89. The summed E-state index contributed by atoms with van der Waals surface area (Å²) < 4.78 is 5.84. The van der Waals surface area contributed by atoms with E-state index in [1.807, 2.05) is 0 Å². The molecule has 0 aromatic heterocycles. The maximum Gasteiger partial charge on any atom is 0.0618 e. The molecule has 1 aliphatic carbocycles. The van der Waals surface area contributed by atoms with Crippen LogP contribution in [0.2, 0.25) is 0 Å². The lowest BCUT2D eigenvalue weighted by Crippen LogP contribution is -2.40. The predicted molar refractivity (Wildman–Crippen MR) is 67.6 cm³/mol. The molecule has 2 atom stereocenters. The highest BCUT2D eigenvalue weighted by Crippen LogP contribution is 2.38. The third-order valence-corrected chi connectivity index (χ3v) is 3.77. The van der Waals surface area contributed by atoms with Crippen molar-refractivity contribution >= 4 is 0 Å². The van der Waals surface area contributed by atoms with Gasteiger partial charge in [-0.1, -0.05) is 20.8 Å². The molecule has 16 heavy (non-hydrogen) atoms. The van der Waals surface area contributed by atoms with Gasteiger partial charge in [-0.25, -0.2) is 0 Å². The predicted octanol–water partition coefficient (Wildman–Crippen LogP) is 2.97. The van der Waals surface area contributed by atoms with Crippen LogP contribution in [0.3, 0.4) is 0 Å². The maximum absolute atomic E-state index is 5.84. The fraction of sp³-hybridized carbons (Fsp3) is 1.00. The summed E-state index contributed by atoms with van der Waals surface area (Å²) in [4.78, 5) is 0. The molecule has 94 valence electrons. The van der Waals surface area contributed by atoms with Crippen molar-refractivity contribution in [1.82, 2.24) is 5.32 Å². The molecule has 2 heteroatoms. The van der Waals surface area contributed by atoms with E-state index in [2.05, 4.69) is 26.1 Å². The maximum atomic E-state index is 5.84. The summed E-state index contributed by atoms with van der Waals surface area (Å²) in [5.74, 6) is 0.896. The lowest BCUT2D eigenvalue weighted by atomic mass is 9.92. The van der Waals surface area contributed by atoms with Gasteiger partial charge in [-0.3, -0.25) is 0 Å². The fourth-order valence-corrected chi connectivity index (χ4v) is 2.46. The minimum absolute atomic E-state index is 0.452. The molecular formula is C14H27NO. The normalized spacial score (nSPS) is 31.7. The van der Waals surface area contributed by atoms with E-state index in [0.717, 1.165) is 19.1 Å². The van der Waals surface area contributed by atoms with Crippen molar-refractivity contribution in [1.29, 1.82) is 0 Å². The SMILES string of the molecule is CC(C)(C)CCN[C@H]1CCO[C@@H](C2CC2)C1. The Kier molecular flexibility index (Phi) is 3.91. The molecule has 0 bridgehead atoms. The van der Waals surface area contributed by atoms with Gasteiger partial charge in [0.1, 0.15) is 0 Å². The number of rotatable bonds is 4. The van der Waals surface area contributed by atoms with Crippen LogP contribution >= 0.6 is 0 Å². The van der Waals surface area contributed by atoms with Crippen molar-refractivity contribution in [3.05, 3.63) is 0 Å². The van der Waals surface area contributed by atoms with Crippen LogP contribution in [0.4, 0.5) is 0 Å². The highest BCUT2D eigenvalue weighted by atomic mass is 16.5. The summed E-state index contributed by atoms with van der Waals surface area (Å²) in [5, 5.41) is 3.71. The molecule has 1 saturated heterocycles. The second-order valence-corrected chi connectivity index (χ2v) is 6.73. The molecule has 2 fully saturated rings. The van der Waals surface area contributed by atoms with Crippen molar-refractivity contribution in [3.63, 3.8) is 0 Å². The topological polar surface area (TPSA) is 21.3 Å². The Labute approximate surface area is 100 Å². The third-order valence-electron chi connectivity index (χ3n) is 3.77. The van der Waals surface area contributed by atoms with E-state index in [9.17, 15) is 0 Å². The molecule has 2 aliphatic rings. The molecule has 0 radical (unpaired) electrons. The summed E-state index contributed by atoms with van der Waals surface area (Å²) in [6.07, 6.45) is 7.08. The van der Waals surface area contributed by atoms with E-state index in [1.165, 1.54) is 32.1 Å². The van der Waals surface area contributed by atoms with Crippen molar-refractivity contribution < 1.29 is 4.74 Å². The van der Waals surface area contributed by atoms with E-state index in [1.54, 1.807) is 0 Å². The number of ether oxygens (including phenoxy) is 1. The van der Waals surface area contributed by atoms with Crippen LogP contribution in [-0.2, 0) is 4.74 Å². The van der Waals surface area contributed by atoms with Gasteiger partial charge in [-0.15, -0.1) is 0 Å². The van der Waals surface area contributed by atoms with Gasteiger partial charge in [0.25, 0.3) is 0 Å². The molecule has 2 rings (SSSR count). The van der Waals surface area contributed by atoms with Gasteiger partial charge in [0.05, 0.1) is 6.10 Å². The second-order valence-electron chi connectivity index (χ2n) is 6.73. The molecular weight excluding hydrogens is 198 g/mol. The minimum Gasteiger partial charge on any atom is -0.378 e. The molecule has 1 saturated carbocycles. The van der Waals surface area contributed by atoms with E-state index >= 15 is 0 Å². The van der Waals surface area contributed by atoms with Crippen LogP contribution in [0.1, 0.15) is 52.9 Å². The zero-order valence-corrected chi connectivity index (χ0v) is 11.1. The average Bonchev–Trinajstić information content (AvgIpc) is 2.99. The summed E-state index contributed by atoms with van der Waals surface area (Å²) in [6.45, 7) is 9.06. The smallest absolute Gasteiger partial charge is 0.0618 e. The van der Waals surface area contributed by atoms with Gasteiger partial charge in [-0.05, 0) is 50.0 Å². The first-order chi connectivity index (χ1) is 7.54. The number of hydrogen-bond acceptors (Lipinski definition) is 2. The molecule has 1 aliphatic heterocycles. The molecule has 0 unspecified atom stereocenters. The Morgan fingerprint density at radius 2 is 1.94 bits per heavy atom. The van der Waals surface area contributed by atoms with E-state index in [0.29, 0.717) is 17.6 Å². The van der Waals surface area contributed by atoms with Gasteiger partial charge in [0, 0.05) is 12.6 Å². The highest BCUT2D eigenvalue weighted by molar-refractivity contribution is 4.88. The van der Waals surface area contributed by atoms with E-state index < -0.39 is 0 Å². The summed E-state index contributed by atoms with van der Waals surface area (Å²) in [6, 6.07) is 0.710. The third kappa shape index (κ3) is 4.06. The number of hydrogen-bond donors (Lipinski definition) is 1. The Balaban J connectivity index is 1.65. The van der Waals surface area contributed by atoms with Crippen LogP contribution in [0, 0.1) is 11.3 Å². The lowest BCUT2D eigenvalue weighted by molar-refractivity contribution is -0.0113. The largest absolute Gasteiger partial charge is 0.378 e. The van der Waals surface area contributed by atoms with Crippen LogP contribution in [-0.4, -0.2) is 25.3 Å². The Morgan fingerprint density at radius 1 is 1.19 bits per heavy atom. The molecule has 0 aromatic rings. The first-order valence-corrected chi connectivity index (χ1v) is 6.89. The molecule has 1 N–H and O–H groups in total. The fourth-order valence-electron chi connectivity index (χ4n) is 2.46. The molecule has 2 nitrogen and oxygen atoms in total. The van der Waals surface area contributed by atoms with Crippen molar-refractivity contribution in [2.45, 2.75) is 65.0 Å². The second kappa shape index (κ2) is 5.05. The summed E-state index contributed by atoms with van der Waals surface area (Å²) in [5.41, 5.74) is 0.452. The van der Waals surface area contributed by atoms with Crippen LogP contribution in [0.15, 0.2) is 0 Å². The zero-order chi connectivity index (χ0) is 11.6. The van der Waals surface area contributed by atoms with Crippen LogP contribution < -0.4 is 5.32 Å². The lowest BCUT2D eigenvalue weighted by Gasteiger charge is -2.31. The molecule has 1 heterocycles. The monoisotopic (exact) mass is 225 g/mol. The quantitative estimate of drug-likeness (QED) is 0.794. The Morgan fingerprint density at radius 3 is 2.56 bits per heavy atom. The molecule has 0 aromatic carbocycles. The molecule has 0 amide bonds. The number of nitrogens with one attached hydrogen (secondary N) is 1. The summed E-state index contributed by atoms with van der Waals surface area (Å²) >= 11 is 0. The highest BCUT2D eigenvalue weighted by Gasteiger charge is 2.35. The van der Waals surface area contributed by atoms with E-state index in [4.69, 9.17) is 4.74 Å². The van der Waals surface area contributed by atoms with Crippen molar-refractivity contribution in [2.75, 3.05) is 13.2 Å². The average molecular weight is 225 g/mol. The first kappa shape index (κ1) is 12.4. The zero-order valence-electron chi connectivity index (χ0n) is 11.1. The van der Waals surface area contributed by atoms with Gasteiger partial charge in [-0.2, -0.15) is 0 Å². The van der Waals surface area contributed by atoms with Gasteiger partial charge in [0.2, 0.25) is 0 Å². The van der Waals surface area contributed by atoms with Gasteiger partial charge < -0.3 is 10.1 Å². The Hall–Kier alpha value is -0.0800.